The van der Waals surface area contributed by atoms with Crippen LogP contribution in [0.3, 0.4) is 0 Å². The molecule has 0 bridgehead atoms. The predicted molar refractivity (Wildman–Crippen MR) is 116 cm³/mol. The third-order valence-corrected chi connectivity index (χ3v) is 4.70. The summed E-state index contributed by atoms with van der Waals surface area (Å²) >= 11 is 0. The van der Waals surface area contributed by atoms with Gasteiger partial charge in [-0.25, -0.2) is 9.78 Å². The molecular weight excluding hydrogens is 470 g/mol. The van der Waals surface area contributed by atoms with Crippen molar-refractivity contribution in [2.24, 2.45) is 11.5 Å². The Hall–Kier alpha value is -4.05. The summed E-state index contributed by atoms with van der Waals surface area (Å²) in [6.45, 7) is 1.15. The van der Waals surface area contributed by atoms with Crippen LogP contribution in [0.15, 0.2) is 12.5 Å². The molecule has 5 unspecified atom stereocenters. The van der Waals surface area contributed by atoms with Crippen LogP contribution >= 0.6 is 0 Å². The number of aliphatic hydroxyl groups is 1. The highest BCUT2D eigenvalue weighted by atomic mass is 16.4. The van der Waals surface area contributed by atoms with E-state index in [0.29, 0.717) is 5.69 Å². The number of H-pyrrole nitrogens is 1. The number of imidazole rings is 1. The van der Waals surface area contributed by atoms with Crippen LogP contribution in [0.1, 0.15) is 31.9 Å². The van der Waals surface area contributed by atoms with Crippen LogP contribution in [0, 0.1) is 0 Å². The highest BCUT2D eigenvalue weighted by Gasteiger charge is 2.33. The van der Waals surface area contributed by atoms with Crippen LogP contribution < -0.4 is 27.4 Å². The summed E-state index contributed by atoms with van der Waals surface area (Å²) in [5.74, 6) is -6.63. The quantitative estimate of drug-likeness (QED) is 0.112. The Bertz CT molecular complexity index is 920. The van der Waals surface area contributed by atoms with Crippen LogP contribution in [-0.4, -0.2) is 91.1 Å². The van der Waals surface area contributed by atoms with E-state index in [-0.39, 0.29) is 19.3 Å². The minimum Gasteiger partial charge on any atom is -0.481 e. The van der Waals surface area contributed by atoms with Crippen LogP contribution in [0.25, 0.3) is 0 Å². The van der Waals surface area contributed by atoms with Crippen molar-refractivity contribution in [1.82, 2.24) is 25.9 Å². The largest absolute Gasteiger partial charge is 0.481 e. The second-order valence-corrected chi connectivity index (χ2v) is 7.68. The van der Waals surface area contributed by atoms with Gasteiger partial charge >= 0.3 is 11.9 Å². The highest BCUT2D eigenvalue weighted by molar-refractivity contribution is 5.95. The third-order valence-electron chi connectivity index (χ3n) is 4.70. The number of amides is 4. The average molecular weight is 499 g/mol. The second-order valence-electron chi connectivity index (χ2n) is 7.68. The Morgan fingerprint density at radius 1 is 1.03 bits per heavy atom. The Labute approximate surface area is 198 Å². The number of aliphatic hydroxyl groups excluding tert-OH is 1. The number of rotatable bonds is 15. The first-order valence-electron chi connectivity index (χ1n) is 10.4. The van der Waals surface area contributed by atoms with Gasteiger partial charge in [-0.15, -0.1) is 0 Å². The predicted octanol–water partition coefficient (Wildman–Crippen LogP) is -4.06. The topological polar surface area (TPSA) is 280 Å². The maximum Gasteiger partial charge on any atom is 0.326 e. The minimum absolute atomic E-state index is 0.161. The molecule has 0 saturated carbocycles. The molecule has 0 radical (unpaired) electrons. The van der Waals surface area contributed by atoms with Crippen molar-refractivity contribution in [2.45, 2.75) is 62.9 Å². The van der Waals surface area contributed by atoms with Gasteiger partial charge in [0.2, 0.25) is 23.6 Å². The lowest BCUT2D eigenvalue weighted by Crippen LogP contribution is -2.60. The summed E-state index contributed by atoms with van der Waals surface area (Å²) < 4.78 is 0. The van der Waals surface area contributed by atoms with Gasteiger partial charge < -0.3 is 47.7 Å². The van der Waals surface area contributed by atoms with Crippen LogP contribution in [0.5, 0.6) is 0 Å². The van der Waals surface area contributed by atoms with Crippen LogP contribution in [0.2, 0.25) is 0 Å². The highest BCUT2D eigenvalue weighted by Crippen LogP contribution is 2.05. The molecular formula is C19H29N7O9. The first kappa shape index (κ1) is 29.0. The van der Waals surface area contributed by atoms with E-state index in [0.717, 1.165) is 6.92 Å². The molecule has 1 aromatic heterocycles. The lowest BCUT2D eigenvalue weighted by molar-refractivity contribution is -0.142. The minimum atomic E-state index is -1.65. The third kappa shape index (κ3) is 10.2. The summed E-state index contributed by atoms with van der Waals surface area (Å²) in [5, 5.41) is 34.7. The van der Waals surface area contributed by atoms with E-state index in [1.54, 1.807) is 0 Å². The molecule has 0 aromatic carbocycles. The Morgan fingerprint density at radius 3 is 2.14 bits per heavy atom. The number of hydrogen-bond acceptors (Lipinski definition) is 9. The summed E-state index contributed by atoms with van der Waals surface area (Å²) in [5.41, 5.74) is 11.0. The van der Waals surface area contributed by atoms with Gasteiger partial charge in [0.05, 0.1) is 24.9 Å². The standard InChI is InChI=1S/C19H29N7O9/c1-8(27)15(26-16(31)10(20)5-14(29)30)18(33)24-11(2-3-13(21)28)17(32)25-12(19(34)35)4-9-6-22-7-23-9/h6-8,10-12,15,27H,2-5,20H2,1H3,(H2,21,28)(H,22,23)(H,24,33)(H,25,32)(H,26,31)(H,29,30)(H,34,35). The first-order valence-corrected chi connectivity index (χ1v) is 10.4. The fourth-order valence-corrected chi connectivity index (χ4v) is 2.85. The van der Waals surface area contributed by atoms with Gasteiger partial charge in [0.25, 0.3) is 0 Å². The fraction of sp³-hybridized carbons (Fsp3) is 0.526. The normalized spacial score (nSPS) is 15.1. The number of carboxylic acids is 2. The molecule has 0 aliphatic carbocycles. The van der Waals surface area contributed by atoms with Gasteiger partial charge in [-0.1, -0.05) is 0 Å². The van der Waals surface area contributed by atoms with E-state index < -0.39 is 72.3 Å². The molecule has 1 aromatic rings. The van der Waals surface area contributed by atoms with Gasteiger partial charge in [-0.2, -0.15) is 0 Å². The summed E-state index contributed by atoms with van der Waals surface area (Å²) in [6, 6.07) is -6.05. The van der Waals surface area contributed by atoms with Crippen molar-refractivity contribution in [3.63, 3.8) is 0 Å². The van der Waals surface area contributed by atoms with Crippen molar-refractivity contribution >= 4 is 35.6 Å². The number of carbonyl (C=O) groups is 6. The van der Waals surface area contributed by atoms with Gasteiger partial charge in [0.15, 0.2) is 0 Å². The van der Waals surface area contributed by atoms with Crippen molar-refractivity contribution in [2.75, 3.05) is 0 Å². The van der Waals surface area contributed by atoms with Crippen LogP contribution in [-0.2, 0) is 35.2 Å². The van der Waals surface area contributed by atoms with E-state index in [1.807, 2.05) is 0 Å². The Kier molecular flexibility index (Phi) is 11.3. The SMILES string of the molecule is CC(O)C(NC(=O)C(N)CC(=O)O)C(=O)NC(CCC(N)=O)C(=O)NC(Cc1cnc[nH]1)C(=O)O. The van der Waals surface area contributed by atoms with E-state index in [1.165, 1.54) is 12.5 Å². The van der Waals surface area contributed by atoms with Gasteiger partial charge in [-0.05, 0) is 13.3 Å². The van der Waals surface area contributed by atoms with Crippen molar-refractivity contribution < 1.29 is 44.1 Å². The number of nitrogens with one attached hydrogen (secondary N) is 4. The number of hydrogen-bond donors (Lipinski definition) is 9. The van der Waals surface area contributed by atoms with Crippen LogP contribution in [0.4, 0.5) is 0 Å². The van der Waals surface area contributed by atoms with Crippen molar-refractivity contribution in [3.05, 3.63) is 18.2 Å². The number of carbonyl (C=O) groups excluding carboxylic acids is 4. The van der Waals surface area contributed by atoms with E-state index >= 15 is 0 Å². The molecule has 1 heterocycles. The molecule has 16 heteroatoms. The molecule has 1 rings (SSSR count). The molecule has 0 spiro atoms. The molecule has 16 nitrogen and oxygen atoms in total. The molecule has 0 aliphatic rings. The maximum atomic E-state index is 12.8. The zero-order chi connectivity index (χ0) is 26.7. The van der Waals surface area contributed by atoms with Crippen molar-refractivity contribution in [1.29, 1.82) is 0 Å². The lowest BCUT2D eigenvalue weighted by atomic mass is 10.1. The fourth-order valence-electron chi connectivity index (χ4n) is 2.85. The number of primary amides is 1. The van der Waals surface area contributed by atoms with E-state index in [9.17, 15) is 39.0 Å². The zero-order valence-electron chi connectivity index (χ0n) is 18.8. The number of aliphatic carboxylic acids is 2. The molecule has 0 fully saturated rings. The number of aromatic nitrogens is 2. The lowest BCUT2D eigenvalue weighted by Gasteiger charge is -2.26. The molecule has 35 heavy (non-hydrogen) atoms. The molecule has 5 atom stereocenters. The molecule has 194 valence electrons. The number of aromatic amines is 1. The second kappa shape index (κ2) is 13.6. The molecule has 4 amide bonds. The summed E-state index contributed by atoms with van der Waals surface area (Å²) in [4.78, 5) is 77.6. The molecule has 0 aliphatic heterocycles. The van der Waals surface area contributed by atoms with Gasteiger partial charge in [0.1, 0.15) is 18.1 Å². The smallest absolute Gasteiger partial charge is 0.326 e. The summed E-state index contributed by atoms with van der Waals surface area (Å²) in [6.07, 6.45) is -0.392. The zero-order valence-corrected chi connectivity index (χ0v) is 18.8. The monoisotopic (exact) mass is 499 g/mol. The molecule has 11 N–H and O–H groups in total. The maximum absolute atomic E-state index is 12.8. The van der Waals surface area contributed by atoms with E-state index in [2.05, 4.69) is 25.9 Å². The summed E-state index contributed by atoms with van der Waals surface area (Å²) in [7, 11) is 0. The van der Waals surface area contributed by atoms with Gasteiger partial charge in [-0.3, -0.25) is 24.0 Å². The van der Waals surface area contributed by atoms with Crippen molar-refractivity contribution in [3.8, 4) is 0 Å². The first-order chi connectivity index (χ1) is 16.3. The van der Waals surface area contributed by atoms with Gasteiger partial charge in [0, 0.05) is 24.7 Å². The average Bonchev–Trinajstić information content (AvgIpc) is 3.26. The van der Waals surface area contributed by atoms with E-state index in [4.69, 9.17) is 16.6 Å². The number of nitrogens with two attached hydrogens (primary N) is 2. The number of nitrogens with zero attached hydrogens (tertiary/aromatic N) is 1. The number of carboxylic acid groups (broad SMARTS) is 2. The Morgan fingerprint density at radius 2 is 1.66 bits per heavy atom. The Balaban J connectivity index is 2.98. The molecule has 0 saturated heterocycles.